The predicted molar refractivity (Wildman–Crippen MR) is 80.0 cm³/mol. The van der Waals surface area contributed by atoms with Crippen LogP contribution < -0.4 is 4.90 Å². The Morgan fingerprint density at radius 2 is 2.10 bits per heavy atom. The fourth-order valence-electron chi connectivity index (χ4n) is 2.58. The maximum atomic E-state index is 8.92. The molecule has 0 saturated carbocycles. The van der Waals surface area contributed by atoms with Gasteiger partial charge < -0.3 is 4.90 Å². The minimum Gasteiger partial charge on any atom is -0.357 e. The van der Waals surface area contributed by atoms with Gasteiger partial charge in [-0.25, -0.2) is 9.97 Å². The molecule has 1 aliphatic rings. The standard InChI is InChI=1S/C15H16N4S/c1-11-10-20-15(17-11)12-5-7-19(8-6-12)14-4-2-3-13(9-16)18-14/h2-4,10,12H,5-8H2,1H3. The third-order valence-corrected chi connectivity index (χ3v) is 4.78. The Bertz CT molecular complexity index is 635. The van der Waals surface area contributed by atoms with Crippen molar-refractivity contribution in [3.63, 3.8) is 0 Å². The zero-order chi connectivity index (χ0) is 13.9. The lowest BCUT2D eigenvalue weighted by Gasteiger charge is -2.32. The molecule has 4 nitrogen and oxygen atoms in total. The highest BCUT2D eigenvalue weighted by Gasteiger charge is 2.23. The first-order valence-corrected chi connectivity index (χ1v) is 7.68. The normalized spacial score (nSPS) is 16.1. The highest BCUT2D eigenvalue weighted by atomic mass is 32.1. The van der Waals surface area contributed by atoms with Crippen molar-refractivity contribution in [2.24, 2.45) is 0 Å². The van der Waals surface area contributed by atoms with Gasteiger partial charge in [-0.1, -0.05) is 6.07 Å². The number of nitriles is 1. The van der Waals surface area contributed by atoms with Crippen LogP contribution in [-0.4, -0.2) is 23.1 Å². The van der Waals surface area contributed by atoms with Crippen LogP contribution in [0.2, 0.25) is 0 Å². The lowest BCUT2D eigenvalue weighted by atomic mass is 9.97. The van der Waals surface area contributed by atoms with Crippen molar-refractivity contribution in [1.29, 1.82) is 5.26 Å². The number of anilines is 1. The summed E-state index contributed by atoms with van der Waals surface area (Å²) in [6.45, 7) is 4.00. The predicted octanol–water partition coefficient (Wildman–Crippen LogP) is 3.10. The highest BCUT2D eigenvalue weighted by Crippen LogP contribution is 2.31. The van der Waals surface area contributed by atoms with Crippen molar-refractivity contribution in [2.45, 2.75) is 25.7 Å². The summed E-state index contributed by atoms with van der Waals surface area (Å²) in [5, 5.41) is 12.3. The molecule has 5 heteroatoms. The van der Waals surface area contributed by atoms with Gasteiger partial charge >= 0.3 is 0 Å². The molecule has 102 valence electrons. The summed E-state index contributed by atoms with van der Waals surface area (Å²) in [6.07, 6.45) is 2.21. The Morgan fingerprint density at radius 1 is 1.30 bits per heavy atom. The van der Waals surface area contributed by atoms with Gasteiger partial charge in [-0.3, -0.25) is 0 Å². The lowest BCUT2D eigenvalue weighted by molar-refractivity contribution is 0.500. The van der Waals surface area contributed by atoms with Crippen molar-refractivity contribution in [3.8, 4) is 6.07 Å². The summed E-state index contributed by atoms with van der Waals surface area (Å²) >= 11 is 1.77. The molecule has 0 spiro atoms. The summed E-state index contributed by atoms with van der Waals surface area (Å²) in [6, 6.07) is 7.72. The number of aryl methyl sites for hydroxylation is 1. The van der Waals surface area contributed by atoms with E-state index < -0.39 is 0 Å². The zero-order valence-electron chi connectivity index (χ0n) is 11.4. The van der Waals surface area contributed by atoms with E-state index in [-0.39, 0.29) is 0 Å². The van der Waals surface area contributed by atoms with Crippen molar-refractivity contribution in [2.75, 3.05) is 18.0 Å². The molecular formula is C15H16N4S. The quantitative estimate of drug-likeness (QED) is 0.850. The first kappa shape index (κ1) is 13.1. The minimum absolute atomic E-state index is 0.486. The van der Waals surface area contributed by atoms with Crippen LogP contribution in [-0.2, 0) is 0 Å². The largest absolute Gasteiger partial charge is 0.357 e. The minimum atomic E-state index is 0.486. The van der Waals surface area contributed by atoms with Gasteiger partial charge in [0.25, 0.3) is 0 Å². The van der Waals surface area contributed by atoms with Crippen molar-refractivity contribution in [1.82, 2.24) is 9.97 Å². The van der Waals surface area contributed by atoms with E-state index in [1.54, 1.807) is 17.4 Å². The molecule has 0 aliphatic carbocycles. The topological polar surface area (TPSA) is 52.8 Å². The summed E-state index contributed by atoms with van der Waals surface area (Å²) in [4.78, 5) is 11.2. The Balaban J connectivity index is 1.68. The van der Waals surface area contributed by atoms with Gasteiger partial charge in [-0.2, -0.15) is 5.26 Å². The van der Waals surface area contributed by atoms with Crippen molar-refractivity contribution < 1.29 is 0 Å². The zero-order valence-corrected chi connectivity index (χ0v) is 12.2. The summed E-state index contributed by atoms with van der Waals surface area (Å²) in [5.41, 5.74) is 1.61. The lowest BCUT2D eigenvalue weighted by Crippen LogP contribution is -2.33. The number of piperidine rings is 1. The Labute approximate surface area is 122 Å². The molecule has 0 radical (unpaired) electrons. The number of nitrogens with zero attached hydrogens (tertiary/aromatic N) is 4. The van der Waals surface area contributed by atoms with Crippen LogP contribution in [0.4, 0.5) is 5.82 Å². The van der Waals surface area contributed by atoms with E-state index in [4.69, 9.17) is 5.26 Å². The molecule has 0 N–H and O–H groups in total. The van der Waals surface area contributed by atoms with Crippen LogP contribution in [0.3, 0.4) is 0 Å². The average Bonchev–Trinajstić information content (AvgIpc) is 2.94. The number of hydrogen-bond acceptors (Lipinski definition) is 5. The molecule has 0 unspecified atom stereocenters. The highest BCUT2D eigenvalue weighted by molar-refractivity contribution is 7.09. The second kappa shape index (κ2) is 5.59. The molecule has 1 aliphatic heterocycles. The second-order valence-corrected chi connectivity index (χ2v) is 5.97. The summed E-state index contributed by atoms with van der Waals surface area (Å²) in [5.74, 6) is 1.49. The van der Waals surface area contributed by atoms with E-state index in [0.29, 0.717) is 11.6 Å². The van der Waals surface area contributed by atoms with Gasteiger partial charge in [0.2, 0.25) is 0 Å². The fourth-order valence-corrected chi connectivity index (χ4v) is 3.55. The third kappa shape index (κ3) is 2.66. The number of thiazole rings is 1. The van der Waals surface area contributed by atoms with Crippen LogP contribution in [0.5, 0.6) is 0 Å². The van der Waals surface area contributed by atoms with Crippen molar-refractivity contribution >= 4 is 17.2 Å². The van der Waals surface area contributed by atoms with E-state index >= 15 is 0 Å². The number of aromatic nitrogens is 2. The van der Waals surface area contributed by atoms with Crippen LogP contribution in [0, 0.1) is 18.3 Å². The molecule has 0 amide bonds. The maximum Gasteiger partial charge on any atom is 0.142 e. The molecule has 0 atom stereocenters. The Hall–Kier alpha value is -1.93. The van der Waals surface area contributed by atoms with Crippen LogP contribution in [0.15, 0.2) is 23.6 Å². The molecule has 1 saturated heterocycles. The van der Waals surface area contributed by atoms with E-state index in [1.807, 2.05) is 19.1 Å². The molecule has 2 aromatic rings. The number of pyridine rings is 1. The fraction of sp³-hybridized carbons (Fsp3) is 0.400. The SMILES string of the molecule is Cc1csc(C2CCN(c3cccc(C#N)n3)CC2)n1. The van der Waals surface area contributed by atoms with Crippen LogP contribution in [0.25, 0.3) is 0 Å². The van der Waals surface area contributed by atoms with Gasteiger partial charge in [0.15, 0.2) is 0 Å². The van der Waals surface area contributed by atoms with E-state index in [0.717, 1.165) is 37.4 Å². The molecule has 20 heavy (non-hydrogen) atoms. The van der Waals surface area contributed by atoms with Crippen molar-refractivity contribution in [3.05, 3.63) is 40.0 Å². The van der Waals surface area contributed by atoms with E-state index in [9.17, 15) is 0 Å². The Kier molecular flexibility index (Phi) is 3.66. The van der Waals surface area contributed by atoms with E-state index in [2.05, 4.69) is 26.3 Å². The van der Waals surface area contributed by atoms with Gasteiger partial charge in [-0.05, 0) is 31.9 Å². The van der Waals surface area contributed by atoms with Gasteiger partial charge in [0.1, 0.15) is 17.6 Å². The monoisotopic (exact) mass is 284 g/mol. The molecule has 0 aromatic carbocycles. The Morgan fingerprint density at radius 3 is 2.75 bits per heavy atom. The van der Waals surface area contributed by atoms with E-state index in [1.165, 1.54) is 5.01 Å². The van der Waals surface area contributed by atoms with Gasteiger partial charge in [-0.15, -0.1) is 11.3 Å². The molecule has 3 heterocycles. The molecule has 1 fully saturated rings. The van der Waals surface area contributed by atoms with Crippen LogP contribution >= 0.6 is 11.3 Å². The smallest absolute Gasteiger partial charge is 0.142 e. The summed E-state index contributed by atoms with van der Waals surface area (Å²) in [7, 11) is 0. The third-order valence-electron chi connectivity index (χ3n) is 3.65. The van der Waals surface area contributed by atoms with Crippen LogP contribution in [0.1, 0.15) is 35.2 Å². The molecular weight excluding hydrogens is 268 g/mol. The summed E-state index contributed by atoms with van der Waals surface area (Å²) < 4.78 is 0. The average molecular weight is 284 g/mol. The molecule has 3 rings (SSSR count). The number of rotatable bonds is 2. The number of hydrogen-bond donors (Lipinski definition) is 0. The maximum absolute atomic E-state index is 8.92. The second-order valence-electron chi connectivity index (χ2n) is 5.08. The molecule has 2 aromatic heterocycles. The molecule has 0 bridgehead atoms. The van der Waals surface area contributed by atoms with Gasteiger partial charge in [0, 0.05) is 30.1 Å². The first-order chi connectivity index (χ1) is 9.76. The van der Waals surface area contributed by atoms with Gasteiger partial charge in [0.05, 0.1) is 5.01 Å². The first-order valence-electron chi connectivity index (χ1n) is 6.80.